The van der Waals surface area contributed by atoms with Crippen LogP contribution in [-0.4, -0.2) is 39.7 Å². The third kappa shape index (κ3) is 7.89. The van der Waals surface area contributed by atoms with Crippen LogP contribution in [0.1, 0.15) is 50.8 Å². The Morgan fingerprint density at radius 1 is 1.07 bits per heavy atom. The fraction of sp³-hybridized carbons (Fsp3) is 0.571. The predicted octanol–water partition coefficient (Wildman–Crippen LogP) is 3.49. The first-order valence-electron chi connectivity index (χ1n) is 10.6. The van der Waals surface area contributed by atoms with Crippen LogP contribution in [0, 0.1) is 0 Å². The summed E-state index contributed by atoms with van der Waals surface area (Å²) in [6, 6.07) is 6.48. The van der Waals surface area contributed by atoms with Gasteiger partial charge in [0.2, 0.25) is 11.8 Å². The number of hydroxylamine groups is 1. The number of anilines is 1. The van der Waals surface area contributed by atoms with Gasteiger partial charge in [-0.3, -0.25) is 14.8 Å². The van der Waals surface area contributed by atoms with Gasteiger partial charge in [-0.1, -0.05) is 12.8 Å². The highest BCUT2D eigenvalue weighted by molar-refractivity contribution is 6.69. The van der Waals surface area contributed by atoms with E-state index in [1.165, 1.54) is 0 Å². The molecule has 8 nitrogen and oxygen atoms in total. The predicted molar refractivity (Wildman–Crippen MR) is 120 cm³/mol. The van der Waals surface area contributed by atoms with Gasteiger partial charge in [0.1, 0.15) is 5.82 Å². The molecule has 0 radical (unpaired) electrons. The Bertz CT molecular complexity index is 861. The van der Waals surface area contributed by atoms with Crippen molar-refractivity contribution in [3.05, 3.63) is 24.0 Å². The molecule has 166 valence electrons. The van der Waals surface area contributed by atoms with Crippen molar-refractivity contribution in [3.8, 4) is 0 Å². The van der Waals surface area contributed by atoms with Gasteiger partial charge >= 0.3 is 0 Å². The second-order valence-electron chi connectivity index (χ2n) is 8.45. The summed E-state index contributed by atoms with van der Waals surface area (Å²) < 4.78 is 2.08. The molecule has 0 atom stereocenters. The van der Waals surface area contributed by atoms with E-state index in [1.54, 1.807) is 5.48 Å². The van der Waals surface area contributed by atoms with Gasteiger partial charge in [-0.2, -0.15) is 0 Å². The molecule has 0 fully saturated rings. The van der Waals surface area contributed by atoms with Crippen molar-refractivity contribution in [2.75, 3.05) is 5.32 Å². The number of rotatable bonds is 12. The summed E-state index contributed by atoms with van der Waals surface area (Å²) in [5.41, 5.74) is 4.26. The SMILES string of the molecule is Cn1c(CCCCCCC(=O)NO)nc2cc(NC(=O)CCC[Si](C)(C)O)ccc21. The number of imidazole rings is 1. The normalized spacial score (nSPS) is 11.6. The fourth-order valence-electron chi connectivity index (χ4n) is 3.43. The lowest BCUT2D eigenvalue weighted by molar-refractivity contribution is -0.129. The molecule has 4 N–H and O–H groups in total. The van der Waals surface area contributed by atoms with Crippen LogP contribution in [-0.2, 0) is 23.1 Å². The molecule has 0 bridgehead atoms. The molecule has 0 saturated carbocycles. The number of carbonyl (C=O) groups is 2. The van der Waals surface area contributed by atoms with Gasteiger partial charge in [-0.05, 0) is 56.6 Å². The molecule has 0 saturated heterocycles. The molecule has 2 aromatic rings. The van der Waals surface area contributed by atoms with Crippen molar-refractivity contribution in [1.29, 1.82) is 0 Å². The molecule has 0 spiro atoms. The standard InChI is InChI=1S/C21H34N4O4Si/c1-25-18-13-12-16(22-20(26)11-8-14-30(2,3)29)15-17(18)23-19(25)9-6-4-5-7-10-21(27)24-28/h12-13,15,28-29H,4-11,14H2,1-3H3,(H,22,26)(H,24,27). The van der Waals surface area contributed by atoms with E-state index < -0.39 is 8.32 Å². The number of amides is 2. The molecule has 0 aliphatic carbocycles. The van der Waals surface area contributed by atoms with Gasteiger partial charge in [-0.15, -0.1) is 0 Å². The van der Waals surface area contributed by atoms with Crippen LogP contribution in [0.2, 0.25) is 19.1 Å². The van der Waals surface area contributed by atoms with E-state index in [1.807, 2.05) is 38.3 Å². The molecule has 1 aromatic carbocycles. The van der Waals surface area contributed by atoms with Crippen LogP contribution in [0.25, 0.3) is 11.0 Å². The van der Waals surface area contributed by atoms with Crippen molar-refractivity contribution in [3.63, 3.8) is 0 Å². The zero-order valence-electron chi connectivity index (χ0n) is 18.2. The van der Waals surface area contributed by atoms with Crippen LogP contribution < -0.4 is 10.8 Å². The Morgan fingerprint density at radius 2 is 1.77 bits per heavy atom. The maximum Gasteiger partial charge on any atom is 0.243 e. The van der Waals surface area contributed by atoms with Gasteiger partial charge in [0.25, 0.3) is 0 Å². The molecule has 1 aromatic heterocycles. The summed E-state index contributed by atoms with van der Waals surface area (Å²) in [6.45, 7) is 3.76. The summed E-state index contributed by atoms with van der Waals surface area (Å²) in [4.78, 5) is 37.7. The van der Waals surface area contributed by atoms with E-state index in [0.717, 1.165) is 60.7 Å². The second kappa shape index (κ2) is 11.2. The molecule has 9 heteroatoms. The maximum absolute atomic E-state index is 12.2. The minimum absolute atomic E-state index is 0.0429. The van der Waals surface area contributed by atoms with Gasteiger partial charge in [-0.25, -0.2) is 10.5 Å². The van der Waals surface area contributed by atoms with Crippen molar-refractivity contribution < 1.29 is 19.6 Å². The topological polar surface area (TPSA) is 116 Å². The van der Waals surface area contributed by atoms with E-state index in [4.69, 9.17) is 10.2 Å². The van der Waals surface area contributed by atoms with Crippen molar-refractivity contribution >= 4 is 36.9 Å². The van der Waals surface area contributed by atoms with Crippen molar-refractivity contribution in [1.82, 2.24) is 15.0 Å². The van der Waals surface area contributed by atoms with E-state index in [9.17, 15) is 14.4 Å². The molecule has 1 heterocycles. The monoisotopic (exact) mass is 434 g/mol. The molecule has 0 aliphatic rings. The fourth-order valence-corrected chi connectivity index (χ4v) is 4.48. The molecular weight excluding hydrogens is 400 g/mol. The van der Waals surface area contributed by atoms with E-state index in [-0.39, 0.29) is 11.8 Å². The van der Waals surface area contributed by atoms with Crippen molar-refractivity contribution in [2.45, 2.75) is 70.5 Å². The summed E-state index contributed by atoms with van der Waals surface area (Å²) >= 11 is 0. The Balaban J connectivity index is 1.85. The van der Waals surface area contributed by atoms with E-state index in [2.05, 4.69) is 9.88 Å². The van der Waals surface area contributed by atoms with Gasteiger partial charge < -0.3 is 14.7 Å². The highest BCUT2D eigenvalue weighted by Gasteiger charge is 2.17. The first kappa shape index (κ1) is 24.0. The lowest BCUT2D eigenvalue weighted by Crippen LogP contribution is -2.24. The number of fused-ring (bicyclic) bond motifs is 1. The van der Waals surface area contributed by atoms with Gasteiger partial charge in [0.05, 0.1) is 11.0 Å². The molecular formula is C21H34N4O4Si. The smallest absolute Gasteiger partial charge is 0.243 e. The minimum atomic E-state index is -2.10. The van der Waals surface area contributed by atoms with Crippen LogP contribution >= 0.6 is 0 Å². The summed E-state index contributed by atoms with van der Waals surface area (Å²) in [5.74, 6) is 0.614. The average molecular weight is 435 g/mol. The van der Waals surface area contributed by atoms with Crippen LogP contribution in [0.15, 0.2) is 18.2 Å². The lowest BCUT2D eigenvalue weighted by Gasteiger charge is -2.13. The quantitative estimate of drug-likeness (QED) is 0.177. The van der Waals surface area contributed by atoms with Crippen molar-refractivity contribution in [2.24, 2.45) is 7.05 Å². The lowest BCUT2D eigenvalue weighted by atomic mass is 10.1. The number of aromatic nitrogens is 2. The number of hydrogen-bond donors (Lipinski definition) is 4. The average Bonchev–Trinajstić information content (AvgIpc) is 2.98. The second-order valence-corrected chi connectivity index (χ2v) is 12.6. The first-order chi connectivity index (χ1) is 14.2. The highest BCUT2D eigenvalue weighted by atomic mass is 28.4. The first-order valence-corrected chi connectivity index (χ1v) is 13.8. The number of unbranched alkanes of at least 4 members (excludes halogenated alkanes) is 3. The Morgan fingerprint density at radius 3 is 2.47 bits per heavy atom. The van der Waals surface area contributed by atoms with E-state index >= 15 is 0 Å². The molecule has 2 amide bonds. The Hall–Kier alpha value is -2.23. The third-order valence-corrected chi connectivity index (χ3v) is 6.71. The number of carbonyl (C=O) groups excluding carboxylic acids is 2. The molecule has 30 heavy (non-hydrogen) atoms. The van der Waals surface area contributed by atoms with Crippen LogP contribution in [0.5, 0.6) is 0 Å². The Labute approximate surface area is 178 Å². The largest absolute Gasteiger partial charge is 0.432 e. The zero-order chi connectivity index (χ0) is 22.1. The van der Waals surface area contributed by atoms with E-state index in [0.29, 0.717) is 19.3 Å². The van der Waals surface area contributed by atoms with Crippen LogP contribution in [0.4, 0.5) is 5.69 Å². The van der Waals surface area contributed by atoms with Gasteiger partial charge in [0, 0.05) is 32.0 Å². The highest BCUT2D eigenvalue weighted by Crippen LogP contribution is 2.21. The molecule has 0 aliphatic heterocycles. The van der Waals surface area contributed by atoms with Crippen LogP contribution in [0.3, 0.4) is 0 Å². The number of hydrogen-bond acceptors (Lipinski definition) is 5. The number of benzene rings is 1. The number of aryl methyl sites for hydroxylation is 2. The zero-order valence-corrected chi connectivity index (χ0v) is 19.2. The number of nitrogens with zero attached hydrogens (tertiary/aromatic N) is 2. The maximum atomic E-state index is 12.2. The molecule has 0 unspecified atom stereocenters. The third-order valence-electron chi connectivity index (χ3n) is 5.13. The number of nitrogens with one attached hydrogen (secondary N) is 2. The van der Waals surface area contributed by atoms with Gasteiger partial charge in [0.15, 0.2) is 8.32 Å². The summed E-state index contributed by atoms with van der Waals surface area (Å²) in [6.07, 6.45) is 5.96. The summed E-state index contributed by atoms with van der Waals surface area (Å²) in [7, 11) is -0.107. The minimum Gasteiger partial charge on any atom is -0.432 e. The summed E-state index contributed by atoms with van der Waals surface area (Å²) in [5, 5.41) is 11.4. The molecule has 2 rings (SSSR count). The Kier molecular flexibility index (Phi) is 9.01.